The Balaban J connectivity index is 2.78. The van der Waals surface area contributed by atoms with Gasteiger partial charge in [0, 0.05) is 11.8 Å². The molecule has 0 saturated carbocycles. The van der Waals surface area contributed by atoms with Gasteiger partial charge >= 0.3 is 0 Å². The largest absolute Gasteiger partial charge is 0.347 e. The van der Waals surface area contributed by atoms with E-state index in [-0.39, 0.29) is 22.8 Å². The Labute approximate surface area is 115 Å². The lowest BCUT2D eigenvalue weighted by Gasteiger charge is -2.15. The van der Waals surface area contributed by atoms with Gasteiger partial charge in [-0.1, -0.05) is 30.1 Å². The number of pyridine rings is 1. The van der Waals surface area contributed by atoms with Crippen molar-refractivity contribution in [3.05, 3.63) is 28.0 Å². The van der Waals surface area contributed by atoms with E-state index in [9.17, 15) is 4.79 Å². The van der Waals surface area contributed by atoms with Crippen molar-refractivity contribution < 1.29 is 4.79 Å². The summed E-state index contributed by atoms with van der Waals surface area (Å²) >= 11 is 13.3. The van der Waals surface area contributed by atoms with E-state index in [4.69, 9.17) is 23.2 Å². The number of halogens is 2. The Morgan fingerprint density at radius 1 is 1.53 bits per heavy atom. The Hall–Kier alpha value is -0.450. The minimum Gasteiger partial charge on any atom is -0.347 e. The zero-order valence-corrected chi connectivity index (χ0v) is 12.0. The molecule has 0 spiro atoms. The molecule has 0 fully saturated rings. The van der Waals surface area contributed by atoms with Gasteiger partial charge in [-0.3, -0.25) is 4.79 Å². The molecule has 6 heteroatoms. The van der Waals surface area contributed by atoms with Crippen LogP contribution in [0.5, 0.6) is 0 Å². The Morgan fingerprint density at radius 3 is 2.82 bits per heavy atom. The molecule has 0 aliphatic carbocycles. The number of nitrogens with zero attached hydrogens (tertiary/aromatic N) is 1. The first-order valence-corrected chi connectivity index (χ1v) is 7.35. The zero-order valence-electron chi connectivity index (χ0n) is 9.67. The molecule has 1 aromatic heterocycles. The summed E-state index contributed by atoms with van der Waals surface area (Å²) < 4.78 is 0. The number of hydrogen-bond donors (Lipinski definition) is 1. The van der Waals surface area contributed by atoms with Gasteiger partial charge in [0.1, 0.15) is 10.8 Å². The zero-order chi connectivity index (χ0) is 12.8. The quantitative estimate of drug-likeness (QED) is 0.847. The summed E-state index contributed by atoms with van der Waals surface area (Å²) in [5.41, 5.74) is 0.179. The summed E-state index contributed by atoms with van der Waals surface area (Å²) in [5.74, 6) is 0.582. The third-order valence-electron chi connectivity index (χ3n) is 2.22. The summed E-state index contributed by atoms with van der Waals surface area (Å²) in [6, 6.07) is 3.25. The molecule has 0 aliphatic heterocycles. The number of rotatable bonds is 5. The molecule has 1 unspecified atom stereocenters. The van der Waals surface area contributed by atoms with Crippen LogP contribution in [0.4, 0.5) is 0 Å². The molecule has 1 rings (SSSR count). The molecule has 0 aromatic carbocycles. The number of nitrogens with one attached hydrogen (secondary N) is 1. The van der Waals surface area contributed by atoms with Crippen molar-refractivity contribution in [3.8, 4) is 0 Å². The number of thioether (sulfide) groups is 1. The summed E-state index contributed by atoms with van der Waals surface area (Å²) in [6.45, 7) is 2.02. The van der Waals surface area contributed by atoms with Crippen molar-refractivity contribution in [1.29, 1.82) is 0 Å². The van der Waals surface area contributed by atoms with Gasteiger partial charge in [0.2, 0.25) is 0 Å². The number of carbonyl (C=O) groups is 1. The first-order chi connectivity index (χ1) is 8.08. The van der Waals surface area contributed by atoms with Crippen molar-refractivity contribution >= 4 is 40.9 Å². The normalized spacial score (nSPS) is 12.2. The topological polar surface area (TPSA) is 42.0 Å². The lowest BCUT2D eigenvalue weighted by atomic mass is 10.2. The molecule has 1 amide bonds. The monoisotopic (exact) mass is 292 g/mol. The summed E-state index contributed by atoms with van der Waals surface area (Å²) in [4.78, 5) is 15.9. The Bertz CT molecular complexity index is 401. The molecule has 1 aromatic rings. The van der Waals surface area contributed by atoms with Crippen molar-refractivity contribution in [2.24, 2.45) is 0 Å². The molecule has 1 N–H and O–H groups in total. The molecule has 0 aliphatic rings. The molecular weight excluding hydrogens is 279 g/mol. The van der Waals surface area contributed by atoms with Gasteiger partial charge in [-0.15, -0.1) is 0 Å². The van der Waals surface area contributed by atoms with Crippen LogP contribution in [-0.2, 0) is 0 Å². The fourth-order valence-electron chi connectivity index (χ4n) is 1.29. The number of amides is 1. The maximum atomic E-state index is 11.9. The fourth-order valence-corrected chi connectivity index (χ4v) is 2.35. The number of carbonyl (C=O) groups excluding carboxylic acids is 1. The molecule has 1 atom stereocenters. The maximum absolute atomic E-state index is 11.9. The minimum absolute atomic E-state index is 0.120. The van der Waals surface area contributed by atoms with Crippen molar-refractivity contribution in [2.75, 3.05) is 12.0 Å². The molecule has 3 nitrogen and oxygen atoms in total. The molecule has 0 radical (unpaired) electrons. The maximum Gasteiger partial charge on any atom is 0.271 e. The van der Waals surface area contributed by atoms with E-state index in [1.165, 1.54) is 0 Å². The first kappa shape index (κ1) is 14.6. The minimum atomic E-state index is -0.279. The third kappa shape index (κ3) is 4.37. The lowest BCUT2D eigenvalue weighted by molar-refractivity contribution is 0.0935. The van der Waals surface area contributed by atoms with Crippen LogP contribution < -0.4 is 5.32 Å². The average molecular weight is 293 g/mol. The van der Waals surface area contributed by atoms with E-state index >= 15 is 0 Å². The molecule has 94 valence electrons. The summed E-state index contributed by atoms with van der Waals surface area (Å²) in [7, 11) is 0. The third-order valence-corrected chi connectivity index (χ3v) is 3.47. The van der Waals surface area contributed by atoms with Gasteiger partial charge in [0.25, 0.3) is 5.91 Å². The second-order valence-corrected chi connectivity index (χ2v) is 5.20. The van der Waals surface area contributed by atoms with Gasteiger partial charge < -0.3 is 5.32 Å². The Morgan fingerprint density at radius 2 is 2.24 bits per heavy atom. The van der Waals surface area contributed by atoms with Crippen molar-refractivity contribution in [2.45, 2.75) is 19.4 Å². The van der Waals surface area contributed by atoms with E-state index in [0.29, 0.717) is 5.02 Å². The number of aromatic nitrogens is 1. The molecule has 0 saturated heterocycles. The van der Waals surface area contributed by atoms with Gasteiger partial charge in [-0.05, 0) is 24.8 Å². The molecular formula is C11H14Cl2N2OS. The lowest BCUT2D eigenvalue weighted by Crippen LogP contribution is -2.36. The van der Waals surface area contributed by atoms with Crippen LogP contribution in [0.25, 0.3) is 0 Å². The standard InChI is InChI=1S/C11H14Cl2N2OS/c1-3-7(6-17-2)14-11(16)10-8(12)4-5-9(13)15-10/h4-5,7H,3,6H2,1-2H3,(H,14,16). The van der Waals surface area contributed by atoms with E-state index in [2.05, 4.69) is 10.3 Å². The predicted molar refractivity (Wildman–Crippen MR) is 74.2 cm³/mol. The number of hydrogen-bond acceptors (Lipinski definition) is 3. The highest BCUT2D eigenvalue weighted by molar-refractivity contribution is 7.98. The second kappa shape index (κ2) is 7.09. The highest BCUT2D eigenvalue weighted by Crippen LogP contribution is 2.17. The van der Waals surface area contributed by atoms with Crippen LogP contribution >= 0.6 is 35.0 Å². The SMILES string of the molecule is CCC(CSC)NC(=O)c1nc(Cl)ccc1Cl. The molecule has 1 heterocycles. The summed E-state index contributed by atoms with van der Waals surface area (Å²) in [5, 5.41) is 3.46. The van der Waals surface area contributed by atoms with Crippen LogP contribution in [0.3, 0.4) is 0 Å². The van der Waals surface area contributed by atoms with E-state index in [1.54, 1.807) is 23.9 Å². The van der Waals surface area contributed by atoms with Crippen LogP contribution in [0.15, 0.2) is 12.1 Å². The molecule has 0 bridgehead atoms. The average Bonchev–Trinajstić information content (AvgIpc) is 2.31. The highest BCUT2D eigenvalue weighted by Gasteiger charge is 2.16. The summed E-state index contributed by atoms with van der Waals surface area (Å²) in [6.07, 6.45) is 2.87. The van der Waals surface area contributed by atoms with Gasteiger partial charge in [-0.25, -0.2) is 4.98 Å². The van der Waals surface area contributed by atoms with Crippen LogP contribution in [-0.4, -0.2) is 28.9 Å². The molecule has 17 heavy (non-hydrogen) atoms. The Kier molecular flexibility index (Phi) is 6.09. The highest BCUT2D eigenvalue weighted by atomic mass is 35.5. The van der Waals surface area contributed by atoms with Gasteiger partial charge in [0.05, 0.1) is 5.02 Å². The predicted octanol–water partition coefficient (Wildman–Crippen LogP) is 3.26. The van der Waals surface area contributed by atoms with E-state index < -0.39 is 0 Å². The van der Waals surface area contributed by atoms with Crippen LogP contribution in [0.1, 0.15) is 23.8 Å². The van der Waals surface area contributed by atoms with E-state index in [0.717, 1.165) is 12.2 Å². The van der Waals surface area contributed by atoms with Crippen molar-refractivity contribution in [1.82, 2.24) is 10.3 Å². The van der Waals surface area contributed by atoms with E-state index in [1.807, 2.05) is 13.2 Å². The fraction of sp³-hybridized carbons (Fsp3) is 0.455. The second-order valence-electron chi connectivity index (χ2n) is 3.50. The first-order valence-electron chi connectivity index (χ1n) is 5.20. The van der Waals surface area contributed by atoms with Crippen LogP contribution in [0.2, 0.25) is 10.2 Å². The van der Waals surface area contributed by atoms with Crippen LogP contribution in [0, 0.1) is 0 Å². The van der Waals surface area contributed by atoms with Gasteiger partial charge in [0.15, 0.2) is 0 Å². The smallest absolute Gasteiger partial charge is 0.271 e. The van der Waals surface area contributed by atoms with Gasteiger partial charge in [-0.2, -0.15) is 11.8 Å². The van der Waals surface area contributed by atoms with Crippen molar-refractivity contribution in [3.63, 3.8) is 0 Å².